The van der Waals surface area contributed by atoms with Crippen LogP contribution >= 0.6 is 0 Å². The van der Waals surface area contributed by atoms with Gasteiger partial charge in [0.15, 0.2) is 0 Å². The van der Waals surface area contributed by atoms with Gasteiger partial charge in [0.2, 0.25) is 0 Å². The van der Waals surface area contributed by atoms with Crippen LogP contribution in [0.1, 0.15) is 23.6 Å². The van der Waals surface area contributed by atoms with Crippen LogP contribution in [0, 0.1) is 13.8 Å². The Kier molecular flexibility index (Phi) is 5.36. The molecule has 0 saturated heterocycles. The minimum atomic E-state index is -0.932. The molecule has 0 bridgehead atoms. The van der Waals surface area contributed by atoms with Crippen molar-refractivity contribution in [1.82, 2.24) is 0 Å². The van der Waals surface area contributed by atoms with Crippen LogP contribution < -0.4 is 0 Å². The van der Waals surface area contributed by atoms with Gasteiger partial charge in [0.25, 0.3) is 0 Å². The molecule has 1 aromatic rings. The summed E-state index contributed by atoms with van der Waals surface area (Å²) in [6.07, 6.45) is 0.596. The van der Waals surface area contributed by atoms with Gasteiger partial charge in [0.1, 0.15) is 0 Å². The molecule has 0 aromatic heterocycles. The molecule has 0 fully saturated rings. The Morgan fingerprint density at radius 3 is 2.44 bits per heavy atom. The van der Waals surface area contributed by atoms with Crippen LogP contribution in [0.15, 0.2) is 18.2 Å². The molecular weight excluding hydrogens is 232 g/mol. The summed E-state index contributed by atoms with van der Waals surface area (Å²) < 4.78 is 9.38. The summed E-state index contributed by atoms with van der Waals surface area (Å²) in [7, 11) is 0. The van der Waals surface area contributed by atoms with Gasteiger partial charge in [-0.2, -0.15) is 0 Å². The Morgan fingerprint density at radius 1 is 1.11 bits per heavy atom. The van der Waals surface area contributed by atoms with Crippen molar-refractivity contribution in [2.45, 2.75) is 27.2 Å². The highest BCUT2D eigenvalue weighted by Crippen LogP contribution is 2.13. The number of carbonyl (C=O) groups excluding carboxylic acids is 2. The van der Waals surface area contributed by atoms with Crippen molar-refractivity contribution >= 4 is 11.9 Å². The zero-order chi connectivity index (χ0) is 13.5. The van der Waals surface area contributed by atoms with E-state index in [0.29, 0.717) is 6.42 Å². The number of ether oxygens (including phenoxy) is 2. The minimum Gasteiger partial charge on any atom is -0.458 e. The fourth-order valence-corrected chi connectivity index (χ4v) is 1.59. The van der Waals surface area contributed by atoms with Crippen molar-refractivity contribution in [3.8, 4) is 0 Å². The first-order valence-electron chi connectivity index (χ1n) is 5.95. The van der Waals surface area contributed by atoms with E-state index in [0.717, 1.165) is 5.56 Å². The van der Waals surface area contributed by atoms with Gasteiger partial charge in [0.05, 0.1) is 13.2 Å². The smallest absolute Gasteiger partial charge is 0.417 e. The summed E-state index contributed by atoms with van der Waals surface area (Å²) in [6.45, 7) is 6.05. The molecular formula is C14H18O4. The second kappa shape index (κ2) is 6.79. The first-order chi connectivity index (χ1) is 8.56. The fraction of sp³-hybridized carbons (Fsp3) is 0.429. The van der Waals surface area contributed by atoms with Gasteiger partial charge in [-0.1, -0.05) is 18.2 Å². The molecule has 4 nitrogen and oxygen atoms in total. The summed E-state index contributed by atoms with van der Waals surface area (Å²) in [6, 6.07) is 5.98. The molecule has 0 unspecified atom stereocenters. The second-order valence-electron chi connectivity index (χ2n) is 3.97. The fourth-order valence-electron chi connectivity index (χ4n) is 1.59. The maximum absolute atomic E-state index is 11.2. The molecule has 1 rings (SSSR count). The summed E-state index contributed by atoms with van der Waals surface area (Å²) in [5.74, 6) is -1.86. The van der Waals surface area contributed by atoms with E-state index in [1.54, 1.807) is 6.92 Å². The van der Waals surface area contributed by atoms with E-state index in [9.17, 15) is 9.59 Å². The SMILES string of the molecule is CCOC(=O)C(=O)OCCc1cccc(C)c1C. The van der Waals surface area contributed by atoms with Crippen LogP contribution in [-0.4, -0.2) is 25.2 Å². The van der Waals surface area contributed by atoms with Crippen molar-refractivity contribution in [1.29, 1.82) is 0 Å². The number of aryl methyl sites for hydroxylation is 1. The Balaban J connectivity index is 2.45. The van der Waals surface area contributed by atoms with Crippen molar-refractivity contribution in [2.75, 3.05) is 13.2 Å². The molecule has 0 aliphatic heterocycles. The highest BCUT2D eigenvalue weighted by atomic mass is 16.6. The predicted molar refractivity (Wildman–Crippen MR) is 67.2 cm³/mol. The highest BCUT2D eigenvalue weighted by molar-refractivity contribution is 6.29. The molecule has 98 valence electrons. The molecule has 0 N–H and O–H groups in total. The number of rotatable bonds is 4. The quantitative estimate of drug-likeness (QED) is 0.605. The highest BCUT2D eigenvalue weighted by Gasteiger charge is 2.16. The third-order valence-corrected chi connectivity index (χ3v) is 2.76. The van der Waals surface area contributed by atoms with E-state index < -0.39 is 11.9 Å². The average molecular weight is 250 g/mol. The molecule has 0 aliphatic carbocycles. The zero-order valence-electron chi connectivity index (χ0n) is 11.0. The van der Waals surface area contributed by atoms with Crippen LogP contribution in [0.5, 0.6) is 0 Å². The standard InChI is InChI=1S/C14H18O4/c1-4-17-13(15)14(16)18-9-8-12-7-5-6-10(2)11(12)3/h5-7H,4,8-9H2,1-3H3. The predicted octanol–water partition coefficient (Wildman–Crippen LogP) is 1.95. The Morgan fingerprint density at radius 2 is 1.78 bits per heavy atom. The van der Waals surface area contributed by atoms with Gasteiger partial charge in [-0.3, -0.25) is 0 Å². The van der Waals surface area contributed by atoms with E-state index in [1.807, 2.05) is 32.0 Å². The lowest BCUT2D eigenvalue weighted by molar-refractivity contribution is -0.167. The summed E-state index contributed by atoms with van der Waals surface area (Å²) in [5.41, 5.74) is 3.50. The molecule has 18 heavy (non-hydrogen) atoms. The van der Waals surface area contributed by atoms with Crippen LogP contribution in [0.3, 0.4) is 0 Å². The molecule has 0 spiro atoms. The summed E-state index contributed by atoms with van der Waals surface area (Å²) in [5, 5.41) is 0. The van der Waals surface area contributed by atoms with Gasteiger partial charge in [0, 0.05) is 6.42 Å². The molecule has 0 aliphatic rings. The largest absolute Gasteiger partial charge is 0.458 e. The lowest BCUT2D eigenvalue weighted by Gasteiger charge is -2.08. The lowest BCUT2D eigenvalue weighted by Crippen LogP contribution is -2.21. The number of hydrogen-bond donors (Lipinski definition) is 0. The normalized spacial score (nSPS) is 9.94. The Labute approximate surface area is 107 Å². The van der Waals surface area contributed by atoms with E-state index >= 15 is 0 Å². The van der Waals surface area contributed by atoms with Gasteiger partial charge in [-0.15, -0.1) is 0 Å². The molecule has 0 atom stereocenters. The van der Waals surface area contributed by atoms with Crippen LogP contribution in [-0.2, 0) is 25.5 Å². The molecule has 4 heteroatoms. The monoisotopic (exact) mass is 250 g/mol. The number of hydrogen-bond acceptors (Lipinski definition) is 4. The van der Waals surface area contributed by atoms with Gasteiger partial charge in [-0.05, 0) is 37.5 Å². The average Bonchev–Trinajstić information content (AvgIpc) is 2.34. The molecule has 0 amide bonds. The maximum Gasteiger partial charge on any atom is 0.417 e. The molecule has 0 radical (unpaired) electrons. The van der Waals surface area contributed by atoms with Crippen LogP contribution in [0.4, 0.5) is 0 Å². The van der Waals surface area contributed by atoms with E-state index in [1.165, 1.54) is 11.1 Å². The Bertz CT molecular complexity index is 437. The molecule has 1 aromatic carbocycles. The second-order valence-corrected chi connectivity index (χ2v) is 3.97. The molecule has 0 saturated carbocycles. The Hall–Kier alpha value is -1.84. The van der Waals surface area contributed by atoms with Gasteiger partial charge >= 0.3 is 11.9 Å². The number of esters is 2. The van der Waals surface area contributed by atoms with Crippen LogP contribution in [0.25, 0.3) is 0 Å². The number of carbonyl (C=O) groups is 2. The van der Waals surface area contributed by atoms with Crippen molar-refractivity contribution in [3.05, 3.63) is 34.9 Å². The zero-order valence-corrected chi connectivity index (χ0v) is 11.0. The van der Waals surface area contributed by atoms with Gasteiger partial charge < -0.3 is 9.47 Å². The van der Waals surface area contributed by atoms with Crippen molar-refractivity contribution < 1.29 is 19.1 Å². The first-order valence-corrected chi connectivity index (χ1v) is 5.95. The minimum absolute atomic E-state index is 0.172. The molecule has 0 heterocycles. The number of benzene rings is 1. The van der Waals surface area contributed by atoms with E-state index in [-0.39, 0.29) is 13.2 Å². The van der Waals surface area contributed by atoms with Crippen molar-refractivity contribution in [2.24, 2.45) is 0 Å². The van der Waals surface area contributed by atoms with Gasteiger partial charge in [-0.25, -0.2) is 9.59 Å². The van der Waals surface area contributed by atoms with Crippen molar-refractivity contribution in [3.63, 3.8) is 0 Å². The first kappa shape index (κ1) is 14.2. The third-order valence-electron chi connectivity index (χ3n) is 2.76. The van der Waals surface area contributed by atoms with E-state index in [4.69, 9.17) is 4.74 Å². The van der Waals surface area contributed by atoms with E-state index in [2.05, 4.69) is 4.74 Å². The summed E-state index contributed by atoms with van der Waals surface area (Å²) >= 11 is 0. The lowest BCUT2D eigenvalue weighted by atomic mass is 10.0. The maximum atomic E-state index is 11.2. The van der Waals surface area contributed by atoms with Crippen LogP contribution in [0.2, 0.25) is 0 Å². The topological polar surface area (TPSA) is 52.6 Å². The third kappa shape index (κ3) is 3.87. The summed E-state index contributed by atoms with van der Waals surface area (Å²) in [4.78, 5) is 22.2.